The Kier molecular flexibility index (Phi) is 8.83. The van der Waals surface area contributed by atoms with Gasteiger partial charge in [0.1, 0.15) is 0 Å². The van der Waals surface area contributed by atoms with Gasteiger partial charge in [0.25, 0.3) is 11.5 Å². The van der Waals surface area contributed by atoms with Crippen molar-refractivity contribution in [2.75, 3.05) is 19.4 Å². The van der Waals surface area contributed by atoms with Crippen LogP contribution >= 0.6 is 11.6 Å². The van der Waals surface area contributed by atoms with E-state index in [4.69, 9.17) is 11.6 Å². The number of halogens is 1. The summed E-state index contributed by atoms with van der Waals surface area (Å²) < 4.78 is 0. The van der Waals surface area contributed by atoms with Crippen LogP contribution in [-0.4, -0.2) is 42.0 Å². The summed E-state index contributed by atoms with van der Waals surface area (Å²) in [5.41, 5.74) is 4.50. The lowest BCUT2D eigenvalue weighted by Crippen LogP contribution is -2.36. The zero-order chi connectivity index (χ0) is 25.0. The van der Waals surface area contributed by atoms with Gasteiger partial charge in [-0.3, -0.25) is 9.59 Å². The van der Waals surface area contributed by atoms with Gasteiger partial charge < -0.3 is 20.5 Å². The van der Waals surface area contributed by atoms with E-state index in [1.165, 1.54) is 25.7 Å². The number of H-pyrrole nitrogens is 1. The van der Waals surface area contributed by atoms with E-state index in [1.54, 1.807) is 6.07 Å². The van der Waals surface area contributed by atoms with E-state index in [1.807, 2.05) is 32.9 Å². The first-order valence-corrected chi connectivity index (χ1v) is 12.7. The lowest BCUT2D eigenvalue weighted by molar-refractivity contribution is 0.0950. The molecule has 0 aliphatic heterocycles. The number of aromatic amines is 1. The number of aryl methyl sites for hydroxylation is 2. The lowest BCUT2D eigenvalue weighted by atomic mass is 9.81. The minimum absolute atomic E-state index is 0.153. The van der Waals surface area contributed by atoms with E-state index >= 15 is 0 Å². The maximum atomic E-state index is 13.1. The van der Waals surface area contributed by atoms with Gasteiger partial charge >= 0.3 is 0 Å². The summed E-state index contributed by atoms with van der Waals surface area (Å²) >= 11 is 6.42. The number of nitrogens with one attached hydrogen (secondary N) is 3. The van der Waals surface area contributed by atoms with Crippen LogP contribution in [0.1, 0.15) is 72.3 Å². The maximum absolute atomic E-state index is 13.1. The molecule has 1 heterocycles. The van der Waals surface area contributed by atoms with Gasteiger partial charge in [0.2, 0.25) is 0 Å². The van der Waals surface area contributed by atoms with Gasteiger partial charge in [0.15, 0.2) is 0 Å². The van der Waals surface area contributed by atoms with Gasteiger partial charge in [0.05, 0.1) is 0 Å². The Balaban J connectivity index is 1.71. The Morgan fingerprint density at radius 2 is 1.85 bits per heavy atom. The molecule has 1 aliphatic carbocycles. The normalized spacial score (nSPS) is 19.2. The van der Waals surface area contributed by atoms with Gasteiger partial charge in [-0.15, -0.1) is 0 Å². The minimum Gasteiger partial charge on any atom is -0.382 e. The number of pyridine rings is 1. The third-order valence-corrected chi connectivity index (χ3v) is 7.57. The van der Waals surface area contributed by atoms with E-state index in [-0.39, 0.29) is 24.1 Å². The van der Waals surface area contributed by atoms with Gasteiger partial charge in [0, 0.05) is 46.2 Å². The Labute approximate surface area is 208 Å². The van der Waals surface area contributed by atoms with Crippen LogP contribution in [-0.2, 0) is 13.0 Å². The number of rotatable bonds is 8. The number of nitrogens with zero attached hydrogens (tertiary/aromatic N) is 1. The van der Waals surface area contributed by atoms with Crippen LogP contribution in [0, 0.1) is 19.8 Å². The number of hydrogen-bond donors (Lipinski definition) is 3. The lowest BCUT2D eigenvalue weighted by Gasteiger charge is -2.36. The van der Waals surface area contributed by atoms with Gasteiger partial charge in [-0.1, -0.05) is 18.5 Å². The number of carbonyl (C=O) groups is 1. The second-order valence-corrected chi connectivity index (χ2v) is 10.3. The molecule has 1 atom stereocenters. The first kappa shape index (κ1) is 26.3. The van der Waals surface area contributed by atoms with Crippen LogP contribution in [0.15, 0.2) is 23.0 Å². The molecule has 2 aromatic rings. The summed E-state index contributed by atoms with van der Waals surface area (Å²) in [6.45, 7) is 8.21. The molecule has 1 aromatic heterocycles. The van der Waals surface area contributed by atoms with Crippen molar-refractivity contribution in [2.45, 2.75) is 78.4 Å². The second-order valence-electron chi connectivity index (χ2n) is 9.91. The van der Waals surface area contributed by atoms with E-state index in [2.05, 4.69) is 41.5 Å². The molecule has 0 bridgehead atoms. The molecule has 7 heteroatoms. The Morgan fingerprint density at radius 3 is 2.47 bits per heavy atom. The van der Waals surface area contributed by atoms with Gasteiger partial charge in [-0.05, 0) is 102 Å². The van der Waals surface area contributed by atoms with Crippen molar-refractivity contribution in [3.63, 3.8) is 0 Å². The highest BCUT2D eigenvalue weighted by molar-refractivity contribution is 6.31. The molecule has 1 unspecified atom stereocenters. The van der Waals surface area contributed by atoms with E-state index in [0.29, 0.717) is 28.1 Å². The minimum atomic E-state index is -0.232. The number of hydrogen-bond acceptors (Lipinski definition) is 4. The summed E-state index contributed by atoms with van der Waals surface area (Å²) in [6, 6.07) is 6.51. The highest BCUT2D eigenvalue weighted by atomic mass is 35.5. The first-order valence-electron chi connectivity index (χ1n) is 12.3. The maximum Gasteiger partial charge on any atom is 0.253 e. The van der Waals surface area contributed by atoms with Crippen LogP contribution in [0.2, 0.25) is 5.02 Å². The predicted molar refractivity (Wildman–Crippen MR) is 141 cm³/mol. The molecule has 1 saturated carbocycles. The van der Waals surface area contributed by atoms with Crippen LogP contribution in [0.3, 0.4) is 0 Å². The molecule has 3 N–H and O–H groups in total. The van der Waals surface area contributed by atoms with Crippen molar-refractivity contribution < 1.29 is 4.79 Å². The number of anilines is 1. The number of benzene rings is 1. The summed E-state index contributed by atoms with van der Waals surface area (Å²) in [4.78, 5) is 30.7. The summed E-state index contributed by atoms with van der Waals surface area (Å²) in [5.74, 6) is 0.358. The predicted octanol–water partition coefficient (Wildman–Crippen LogP) is 5.06. The average molecular weight is 487 g/mol. The topological polar surface area (TPSA) is 77.2 Å². The van der Waals surface area contributed by atoms with Crippen molar-refractivity contribution in [3.05, 3.63) is 61.5 Å². The molecule has 6 nitrogen and oxygen atoms in total. The van der Waals surface area contributed by atoms with Crippen LogP contribution in [0.5, 0.6) is 0 Å². The highest BCUT2D eigenvalue weighted by Crippen LogP contribution is 2.32. The van der Waals surface area contributed by atoms with Crippen LogP contribution in [0.4, 0.5) is 5.69 Å². The molecule has 1 aliphatic rings. The van der Waals surface area contributed by atoms with Crippen LogP contribution in [0.25, 0.3) is 0 Å². The zero-order valence-electron chi connectivity index (χ0n) is 21.3. The first-order chi connectivity index (χ1) is 16.1. The summed E-state index contributed by atoms with van der Waals surface area (Å²) in [7, 11) is 4.32. The largest absolute Gasteiger partial charge is 0.382 e. The molecule has 1 amide bonds. The molecule has 0 spiro atoms. The fourth-order valence-corrected chi connectivity index (χ4v) is 5.32. The van der Waals surface area contributed by atoms with Crippen molar-refractivity contribution in [2.24, 2.45) is 5.92 Å². The van der Waals surface area contributed by atoms with Crippen LogP contribution < -0.4 is 16.2 Å². The SMILES string of the molecule is CCc1cc(C)[nH]c(=O)c1CNC(=O)c1cc(Cl)cc(NC(C)C2CCC(N(C)C)CC2)c1C. The highest BCUT2D eigenvalue weighted by Gasteiger charge is 2.27. The van der Waals surface area contributed by atoms with Crippen molar-refractivity contribution in [1.82, 2.24) is 15.2 Å². The van der Waals surface area contributed by atoms with Gasteiger partial charge in [-0.25, -0.2) is 0 Å². The Morgan fingerprint density at radius 1 is 1.18 bits per heavy atom. The third kappa shape index (κ3) is 6.22. The smallest absolute Gasteiger partial charge is 0.253 e. The fourth-order valence-electron chi connectivity index (χ4n) is 5.10. The Hall–Kier alpha value is -2.31. The molecule has 3 rings (SSSR count). The molecule has 1 fully saturated rings. The van der Waals surface area contributed by atoms with E-state index < -0.39 is 0 Å². The van der Waals surface area contributed by atoms with E-state index in [9.17, 15) is 9.59 Å². The molecule has 1 aromatic carbocycles. The third-order valence-electron chi connectivity index (χ3n) is 7.35. The van der Waals surface area contributed by atoms with Crippen molar-refractivity contribution >= 4 is 23.2 Å². The van der Waals surface area contributed by atoms with Crippen molar-refractivity contribution in [3.8, 4) is 0 Å². The average Bonchev–Trinajstić information content (AvgIpc) is 2.79. The van der Waals surface area contributed by atoms with E-state index in [0.717, 1.165) is 28.9 Å². The summed E-state index contributed by atoms with van der Waals surface area (Å²) in [5, 5.41) is 7.08. The fraction of sp³-hybridized carbons (Fsp3) is 0.556. The molecule has 0 radical (unpaired) electrons. The molecule has 0 saturated heterocycles. The molecule has 186 valence electrons. The number of carbonyl (C=O) groups excluding carboxylic acids is 1. The number of aromatic nitrogens is 1. The monoisotopic (exact) mass is 486 g/mol. The molecular weight excluding hydrogens is 448 g/mol. The quantitative estimate of drug-likeness (QED) is 0.487. The van der Waals surface area contributed by atoms with Crippen molar-refractivity contribution in [1.29, 1.82) is 0 Å². The zero-order valence-corrected chi connectivity index (χ0v) is 22.1. The molecule has 34 heavy (non-hydrogen) atoms. The number of amides is 1. The second kappa shape index (κ2) is 11.4. The molecular formula is C27H39ClN4O2. The van der Waals surface area contributed by atoms with Gasteiger partial charge in [-0.2, -0.15) is 0 Å². The summed E-state index contributed by atoms with van der Waals surface area (Å²) in [6.07, 6.45) is 5.53. The Bertz CT molecular complexity index is 1070. The standard InChI is InChI=1S/C27H39ClN4O2/c1-7-19-12-16(2)30-27(34)24(19)15-29-26(33)23-13-21(28)14-25(17(23)3)31-18(4)20-8-10-22(11-9-20)32(5)6/h12-14,18,20,22,31H,7-11,15H2,1-6H3,(H,29,33)(H,30,34).